The largest absolute Gasteiger partial charge is 0.378 e. The first kappa shape index (κ1) is 21.0. The van der Waals surface area contributed by atoms with Crippen LogP contribution in [0.1, 0.15) is 18.2 Å². The Hall–Kier alpha value is -2.88. The predicted molar refractivity (Wildman–Crippen MR) is 129 cm³/mol. The van der Waals surface area contributed by atoms with E-state index in [-0.39, 0.29) is 12.3 Å². The van der Waals surface area contributed by atoms with Gasteiger partial charge in [0.05, 0.1) is 42.4 Å². The average Bonchev–Trinajstić information content (AvgIpc) is 3.29. The highest BCUT2D eigenvalue weighted by Gasteiger charge is 2.17. The average molecular weight is 466 g/mol. The highest BCUT2D eigenvalue weighted by atomic mass is 32.2. The summed E-state index contributed by atoms with van der Waals surface area (Å²) in [4.78, 5) is 21.6. The second kappa shape index (κ2) is 9.32. The Labute approximate surface area is 194 Å². The van der Waals surface area contributed by atoms with Gasteiger partial charge in [-0.1, -0.05) is 30.0 Å². The first-order valence-corrected chi connectivity index (χ1v) is 12.1. The van der Waals surface area contributed by atoms with Crippen LogP contribution in [0, 0.1) is 0 Å². The van der Waals surface area contributed by atoms with Crippen molar-refractivity contribution in [2.75, 3.05) is 36.5 Å². The number of para-hydroxylation sites is 1. The lowest BCUT2D eigenvalue weighted by atomic mass is 10.1. The number of hydrogen-bond acceptors (Lipinski definition) is 8. The van der Waals surface area contributed by atoms with Crippen LogP contribution in [0.4, 0.5) is 16.5 Å². The van der Waals surface area contributed by atoms with Crippen molar-refractivity contribution < 1.29 is 9.53 Å². The zero-order valence-corrected chi connectivity index (χ0v) is 19.3. The molecule has 7 nitrogen and oxygen atoms in total. The summed E-state index contributed by atoms with van der Waals surface area (Å²) in [6.45, 7) is 5.00. The third kappa shape index (κ3) is 4.64. The Balaban J connectivity index is 1.21. The van der Waals surface area contributed by atoms with E-state index in [1.807, 2.05) is 30.5 Å². The van der Waals surface area contributed by atoms with Crippen molar-refractivity contribution in [3.63, 3.8) is 0 Å². The van der Waals surface area contributed by atoms with E-state index in [1.165, 1.54) is 9.79 Å². The number of rotatable bonds is 5. The number of ether oxygens (including phenoxy) is 1. The van der Waals surface area contributed by atoms with E-state index in [0.717, 1.165) is 46.6 Å². The van der Waals surface area contributed by atoms with Gasteiger partial charge in [-0.2, -0.15) is 5.10 Å². The molecule has 1 fully saturated rings. The van der Waals surface area contributed by atoms with Crippen molar-refractivity contribution in [2.45, 2.75) is 23.1 Å². The minimum absolute atomic E-state index is 0.177. The summed E-state index contributed by atoms with van der Waals surface area (Å²) in [5.41, 5.74) is 7.28. The van der Waals surface area contributed by atoms with Crippen LogP contribution in [0.5, 0.6) is 0 Å². The molecule has 164 valence electrons. The van der Waals surface area contributed by atoms with Crippen LogP contribution in [0.2, 0.25) is 0 Å². The number of carbonyl (C=O) groups is 1. The van der Waals surface area contributed by atoms with Crippen molar-refractivity contribution in [2.24, 2.45) is 5.10 Å². The molecular weight excluding hydrogens is 442 g/mol. The Morgan fingerprint density at radius 2 is 2.00 bits per heavy atom. The number of benzene rings is 2. The van der Waals surface area contributed by atoms with Crippen molar-refractivity contribution in [3.8, 4) is 0 Å². The molecule has 1 saturated heterocycles. The maximum Gasteiger partial charge on any atom is 0.246 e. The van der Waals surface area contributed by atoms with Crippen LogP contribution in [0.3, 0.4) is 0 Å². The molecule has 2 N–H and O–H groups in total. The minimum Gasteiger partial charge on any atom is -0.378 e. The number of nitrogens with zero attached hydrogens (tertiary/aromatic N) is 3. The number of amides is 1. The van der Waals surface area contributed by atoms with Crippen molar-refractivity contribution in [1.82, 2.24) is 10.4 Å². The number of fused-ring (bicyclic) bond motifs is 2. The molecule has 2 aliphatic rings. The van der Waals surface area contributed by atoms with Crippen LogP contribution < -0.4 is 15.6 Å². The van der Waals surface area contributed by atoms with E-state index in [1.54, 1.807) is 23.1 Å². The van der Waals surface area contributed by atoms with E-state index in [4.69, 9.17) is 4.74 Å². The Morgan fingerprint density at radius 1 is 1.19 bits per heavy atom. The zero-order valence-electron chi connectivity index (χ0n) is 17.6. The fraction of sp³-hybridized carbons (Fsp3) is 0.261. The Kier molecular flexibility index (Phi) is 6.11. The quantitative estimate of drug-likeness (QED) is 0.339. The van der Waals surface area contributed by atoms with Gasteiger partial charge in [0, 0.05) is 28.3 Å². The highest BCUT2D eigenvalue weighted by molar-refractivity contribution is 7.99. The molecule has 0 aliphatic carbocycles. The van der Waals surface area contributed by atoms with Crippen LogP contribution in [-0.4, -0.2) is 42.9 Å². The molecule has 9 heteroatoms. The second-order valence-electron chi connectivity index (χ2n) is 7.56. The molecule has 1 aromatic heterocycles. The minimum atomic E-state index is -0.177. The molecule has 0 radical (unpaired) electrons. The van der Waals surface area contributed by atoms with Gasteiger partial charge in [0.1, 0.15) is 0 Å². The lowest BCUT2D eigenvalue weighted by Crippen LogP contribution is -2.36. The smallest absolute Gasteiger partial charge is 0.246 e. The van der Waals surface area contributed by atoms with Gasteiger partial charge in [-0.15, -0.1) is 11.3 Å². The van der Waals surface area contributed by atoms with Gasteiger partial charge in [-0.05, 0) is 36.8 Å². The first-order chi connectivity index (χ1) is 15.7. The van der Waals surface area contributed by atoms with E-state index in [0.29, 0.717) is 13.2 Å². The number of thiazole rings is 1. The number of hydrogen-bond donors (Lipinski definition) is 2. The fourth-order valence-electron chi connectivity index (χ4n) is 3.56. The fourth-order valence-corrected chi connectivity index (χ4v) is 5.40. The van der Waals surface area contributed by atoms with E-state index in [2.05, 4.69) is 50.0 Å². The zero-order chi connectivity index (χ0) is 21.9. The van der Waals surface area contributed by atoms with Crippen molar-refractivity contribution >= 4 is 51.2 Å². The first-order valence-electron chi connectivity index (χ1n) is 10.4. The van der Waals surface area contributed by atoms with E-state index < -0.39 is 0 Å². The second-order valence-corrected chi connectivity index (χ2v) is 9.48. The molecule has 3 aromatic rings. The molecule has 1 amide bonds. The van der Waals surface area contributed by atoms with E-state index in [9.17, 15) is 4.79 Å². The third-order valence-corrected chi connectivity index (χ3v) is 7.39. The summed E-state index contributed by atoms with van der Waals surface area (Å²) in [5, 5.41) is 10.7. The molecule has 0 atom stereocenters. The van der Waals surface area contributed by atoms with Crippen LogP contribution >= 0.6 is 23.1 Å². The number of nitrogens with one attached hydrogen (secondary N) is 2. The molecule has 0 unspecified atom stereocenters. The molecule has 2 aromatic carbocycles. The van der Waals surface area contributed by atoms with E-state index >= 15 is 0 Å². The molecule has 0 bridgehead atoms. The molecular formula is C23H23N5O2S2. The van der Waals surface area contributed by atoms with Crippen LogP contribution in [-0.2, 0) is 16.0 Å². The van der Waals surface area contributed by atoms with Gasteiger partial charge in [0.25, 0.3) is 0 Å². The lowest BCUT2D eigenvalue weighted by molar-refractivity contribution is -0.120. The Morgan fingerprint density at radius 3 is 2.88 bits per heavy atom. The van der Waals surface area contributed by atoms with Crippen molar-refractivity contribution in [1.29, 1.82) is 0 Å². The molecule has 3 heterocycles. The van der Waals surface area contributed by atoms with Gasteiger partial charge in [0.2, 0.25) is 5.91 Å². The topological polar surface area (TPSA) is 78.9 Å². The monoisotopic (exact) mass is 465 g/mol. The normalized spacial score (nSPS) is 15.5. The summed E-state index contributed by atoms with van der Waals surface area (Å²) in [6, 6.07) is 14.4. The summed E-state index contributed by atoms with van der Waals surface area (Å²) in [7, 11) is 0. The number of anilines is 3. The Bertz CT molecular complexity index is 1170. The van der Waals surface area contributed by atoms with Crippen LogP contribution in [0.25, 0.3) is 0 Å². The van der Waals surface area contributed by atoms with Gasteiger partial charge >= 0.3 is 0 Å². The number of morpholine rings is 1. The van der Waals surface area contributed by atoms with Gasteiger partial charge in [0.15, 0.2) is 5.13 Å². The van der Waals surface area contributed by atoms with Gasteiger partial charge in [-0.25, -0.2) is 10.4 Å². The summed E-state index contributed by atoms with van der Waals surface area (Å²) in [6.07, 6.45) is 0.205. The molecule has 0 spiro atoms. The highest BCUT2D eigenvalue weighted by Crippen LogP contribution is 2.44. The lowest BCUT2D eigenvalue weighted by Gasteiger charge is -2.26. The van der Waals surface area contributed by atoms with Gasteiger partial charge < -0.3 is 15.0 Å². The SMILES string of the molecule is C/C(=N\NC(=O)Cc1csc(N2CCOCC2)n1)c1ccc2c(c1)Nc1ccccc1S2. The van der Waals surface area contributed by atoms with Crippen LogP contribution in [0.15, 0.2) is 62.7 Å². The summed E-state index contributed by atoms with van der Waals surface area (Å²) < 4.78 is 5.38. The number of hydrazone groups is 1. The molecule has 0 saturated carbocycles. The maximum absolute atomic E-state index is 12.4. The summed E-state index contributed by atoms with van der Waals surface area (Å²) >= 11 is 3.31. The standard InChI is InChI=1S/C23H23N5O2S2/c1-15(16-6-7-21-19(12-16)25-18-4-2-3-5-20(18)32-21)26-27-22(29)13-17-14-31-23(24-17)28-8-10-30-11-9-28/h2-7,12,14,25H,8-11,13H2,1H3,(H,27,29)/b26-15+. The van der Waals surface area contributed by atoms with Crippen molar-refractivity contribution in [3.05, 3.63) is 59.1 Å². The summed E-state index contributed by atoms with van der Waals surface area (Å²) in [5.74, 6) is -0.177. The molecule has 2 aliphatic heterocycles. The predicted octanol–water partition coefficient (Wildman–Crippen LogP) is 4.27. The van der Waals surface area contributed by atoms with Gasteiger partial charge in [-0.3, -0.25) is 4.79 Å². The number of carbonyl (C=O) groups excluding carboxylic acids is 1. The maximum atomic E-state index is 12.4. The molecule has 32 heavy (non-hydrogen) atoms. The molecule has 5 rings (SSSR count). The number of aromatic nitrogens is 1. The third-order valence-electron chi connectivity index (χ3n) is 5.28.